The number of nitrogens with zero attached hydrogens (tertiary/aromatic N) is 1. The fraction of sp³-hybridized carbons (Fsp3) is 0. The van der Waals surface area contributed by atoms with Gasteiger partial charge in [-0.3, -0.25) is 24.5 Å². The fourth-order valence-corrected chi connectivity index (χ4v) is 3.67. The number of hydrogen-bond acceptors (Lipinski definition) is 5. The number of benzene rings is 3. The van der Waals surface area contributed by atoms with E-state index in [1.165, 1.54) is 36.4 Å². The normalized spacial score (nSPS) is 15.3. The van der Waals surface area contributed by atoms with Crippen molar-refractivity contribution < 1.29 is 24.3 Å². The van der Waals surface area contributed by atoms with Gasteiger partial charge >= 0.3 is 0 Å². The zero-order valence-electron chi connectivity index (χ0n) is 13.6. The second-order valence-electron chi connectivity index (χ2n) is 6.29. The van der Waals surface area contributed by atoms with Crippen molar-refractivity contribution >= 4 is 40.1 Å². The summed E-state index contributed by atoms with van der Waals surface area (Å²) in [6.45, 7) is 0. The van der Waals surface area contributed by atoms with Crippen LogP contribution in [0.5, 0.6) is 5.75 Å². The standard InChI is InChI=1S/C20H10N2O5/c23-14-4-2-1-3-13(14)22-19(26)11-7-5-9-15-10(18(25)21-17(9)24)6-8-12(16(11)15)20(22)27/h1-8,23H,(H,21,24,25). The van der Waals surface area contributed by atoms with Crippen LogP contribution in [0.1, 0.15) is 41.4 Å². The second-order valence-corrected chi connectivity index (χ2v) is 6.29. The molecule has 0 aliphatic carbocycles. The molecule has 2 N–H and O–H groups in total. The number of amides is 4. The summed E-state index contributed by atoms with van der Waals surface area (Å²) in [5.74, 6) is -2.60. The number of anilines is 1. The molecule has 0 radical (unpaired) electrons. The summed E-state index contributed by atoms with van der Waals surface area (Å²) in [6.07, 6.45) is 0. The van der Waals surface area contributed by atoms with E-state index in [0.29, 0.717) is 5.39 Å². The molecule has 0 aromatic heterocycles. The average Bonchev–Trinajstić information content (AvgIpc) is 2.66. The highest BCUT2D eigenvalue weighted by Crippen LogP contribution is 2.39. The van der Waals surface area contributed by atoms with Gasteiger partial charge in [-0.25, -0.2) is 4.90 Å². The Kier molecular flexibility index (Phi) is 2.83. The zero-order chi connectivity index (χ0) is 18.9. The number of hydrogen-bond donors (Lipinski definition) is 2. The lowest BCUT2D eigenvalue weighted by atomic mass is 9.86. The van der Waals surface area contributed by atoms with Crippen molar-refractivity contribution in [2.24, 2.45) is 0 Å². The Hall–Kier alpha value is -4.00. The minimum Gasteiger partial charge on any atom is -0.506 e. The van der Waals surface area contributed by atoms with E-state index in [1.54, 1.807) is 12.1 Å². The van der Waals surface area contributed by atoms with Crippen LogP contribution in [-0.2, 0) is 0 Å². The third-order valence-corrected chi connectivity index (χ3v) is 4.87. The molecule has 0 saturated carbocycles. The van der Waals surface area contributed by atoms with Crippen LogP contribution in [0.25, 0.3) is 10.8 Å². The number of phenols is 1. The van der Waals surface area contributed by atoms with Gasteiger partial charge in [-0.05, 0) is 36.4 Å². The van der Waals surface area contributed by atoms with Crippen LogP contribution >= 0.6 is 0 Å². The molecule has 5 rings (SSSR count). The van der Waals surface area contributed by atoms with E-state index in [-0.39, 0.29) is 39.1 Å². The summed E-state index contributed by atoms with van der Waals surface area (Å²) in [5.41, 5.74) is 0.927. The maximum absolute atomic E-state index is 13.1. The minimum absolute atomic E-state index is 0.0698. The first-order valence-corrected chi connectivity index (χ1v) is 8.11. The van der Waals surface area contributed by atoms with E-state index in [0.717, 1.165) is 4.90 Å². The Morgan fingerprint density at radius 2 is 1.15 bits per heavy atom. The van der Waals surface area contributed by atoms with E-state index in [4.69, 9.17) is 0 Å². The number of carbonyl (C=O) groups is 4. The molecule has 7 heteroatoms. The highest BCUT2D eigenvalue weighted by molar-refractivity contribution is 6.39. The van der Waals surface area contributed by atoms with Gasteiger partial charge in [0, 0.05) is 33.0 Å². The smallest absolute Gasteiger partial charge is 0.266 e. The molecule has 4 amide bonds. The van der Waals surface area contributed by atoms with Crippen LogP contribution < -0.4 is 10.2 Å². The average molecular weight is 358 g/mol. The summed E-state index contributed by atoms with van der Waals surface area (Å²) >= 11 is 0. The molecule has 7 nitrogen and oxygen atoms in total. The van der Waals surface area contributed by atoms with Gasteiger partial charge < -0.3 is 5.11 Å². The first-order valence-electron chi connectivity index (χ1n) is 8.11. The molecule has 3 aromatic carbocycles. The van der Waals surface area contributed by atoms with Gasteiger partial charge in [0.1, 0.15) is 5.75 Å². The van der Waals surface area contributed by atoms with Crippen LogP contribution in [0.15, 0.2) is 48.5 Å². The summed E-state index contributed by atoms with van der Waals surface area (Å²) in [4.78, 5) is 51.4. The molecular weight excluding hydrogens is 348 g/mol. The zero-order valence-corrected chi connectivity index (χ0v) is 13.6. The molecule has 27 heavy (non-hydrogen) atoms. The van der Waals surface area contributed by atoms with Crippen LogP contribution in [-0.4, -0.2) is 28.7 Å². The molecule has 2 heterocycles. The molecular formula is C20H10N2O5. The van der Waals surface area contributed by atoms with Gasteiger partial charge in [0.2, 0.25) is 0 Å². The number of phenolic OH excluding ortho intramolecular Hbond substituents is 1. The Morgan fingerprint density at radius 1 is 0.667 bits per heavy atom. The third kappa shape index (κ3) is 1.85. The number of para-hydroxylation sites is 2. The van der Waals surface area contributed by atoms with Crippen molar-refractivity contribution in [2.45, 2.75) is 0 Å². The van der Waals surface area contributed by atoms with Crippen molar-refractivity contribution in [2.75, 3.05) is 4.90 Å². The Balaban J connectivity index is 1.85. The van der Waals surface area contributed by atoms with E-state index in [1.807, 2.05) is 0 Å². The summed E-state index contributed by atoms with van der Waals surface area (Å²) < 4.78 is 0. The van der Waals surface area contributed by atoms with Crippen LogP contribution in [0, 0.1) is 0 Å². The topological polar surface area (TPSA) is 104 Å². The van der Waals surface area contributed by atoms with Crippen molar-refractivity contribution in [3.63, 3.8) is 0 Å². The number of imide groups is 2. The largest absolute Gasteiger partial charge is 0.506 e. The molecule has 0 spiro atoms. The summed E-state index contributed by atoms with van der Waals surface area (Å²) in [7, 11) is 0. The van der Waals surface area contributed by atoms with E-state index in [9.17, 15) is 24.3 Å². The van der Waals surface area contributed by atoms with E-state index in [2.05, 4.69) is 5.32 Å². The van der Waals surface area contributed by atoms with Crippen molar-refractivity contribution in [3.8, 4) is 5.75 Å². The summed E-state index contributed by atoms with van der Waals surface area (Å²) in [5, 5.41) is 12.9. The Labute approximate surface area is 151 Å². The SMILES string of the molecule is O=C1NC(=O)c2ccc3c4c(ccc1c24)C(=O)N(c1ccccc1O)C3=O. The number of carbonyl (C=O) groups excluding carboxylic acids is 4. The molecule has 0 atom stereocenters. The minimum atomic E-state index is -0.629. The molecule has 0 bridgehead atoms. The van der Waals surface area contributed by atoms with Gasteiger partial charge in [0.15, 0.2) is 0 Å². The predicted molar refractivity (Wildman–Crippen MR) is 95.0 cm³/mol. The lowest BCUT2D eigenvalue weighted by Crippen LogP contribution is -2.42. The molecule has 2 aliphatic heterocycles. The highest BCUT2D eigenvalue weighted by atomic mass is 16.3. The molecule has 0 unspecified atom stereocenters. The predicted octanol–water partition coefficient (Wildman–Crippen LogP) is 2.23. The molecule has 0 saturated heterocycles. The maximum Gasteiger partial charge on any atom is 0.266 e. The highest BCUT2D eigenvalue weighted by Gasteiger charge is 2.38. The first-order chi connectivity index (χ1) is 13.0. The summed E-state index contributed by atoms with van der Waals surface area (Å²) in [6, 6.07) is 11.9. The number of nitrogens with one attached hydrogen (secondary N) is 1. The monoisotopic (exact) mass is 358 g/mol. The number of aromatic hydroxyl groups is 1. The van der Waals surface area contributed by atoms with Crippen LogP contribution in [0.2, 0.25) is 0 Å². The van der Waals surface area contributed by atoms with Gasteiger partial charge in [0.25, 0.3) is 23.6 Å². The van der Waals surface area contributed by atoms with Crippen LogP contribution in [0.3, 0.4) is 0 Å². The number of rotatable bonds is 1. The Bertz CT molecular complexity index is 1180. The van der Waals surface area contributed by atoms with Crippen molar-refractivity contribution in [1.82, 2.24) is 5.32 Å². The third-order valence-electron chi connectivity index (χ3n) is 4.87. The fourth-order valence-electron chi connectivity index (χ4n) is 3.67. The van der Waals surface area contributed by atoms with Crippen molar-refractivity contribution in [3.05, 3.63) is 70.8 Å². The van der Waals surface area contributed by atoms with Gasteiger partial charge in [-0.1, -0.05) is 12.1 Å². The van der Waals surface area contributed by atoms with Gasteiger partial charge in [-0.2, -0.15) is 0 Å². The van der Waals surface area contributed by atoms with Crippen molar-refractivity contribution in [1.29, 1.82) is 0 Å². The van der Waals surface area contributed by atoms with Crippen LogP contribution in [0.4, 0.5) is 5.69 Å². The lowest BCUT2D eigenvalue weighted by Gasteiger charge is -2.29. The molecule has 2 aliphatic rings. The van der Waals surface area contributed by atoms with Gasteiger partial charge in [-0.15, -0.1) is 0 Å². The second kappa shape index (κ2) is 5.01. The molecule has 3 aromatic rings. The maximum atomic E-state index is 13.1. The quantitative estimate of drug-likeness (QED) is 0.649. The Morgan fingerprint density at radius 3 is 1.70 bits per heavy atom. The lowest BCUT2D eigenvalue weighted by molar-refractivity contribution is 0.0837. The first kappa shape index (κ1) is 15.3. The van der Waals surface area contributed by atoms with E-state index >= 15 is 0 Å². The van der Waals surface area contributed by atoms with Gasteiger partial charge in [0.05, 0.1) is 5.69 Å². The van der Waals surface area contributed by atoms with E-state index < -0.39 is 23.6 Å². The molecule has 130 valence electrons. The molecule has 0 fully saturated rings.